The van der Waals surface area contributed by atoms with Crippen molar-refractivity contribution in [1.82, 2.24) is 5.43 Å². The van der Waals surface area contributed by atoms with Gasteiger partial charge >= 0.3 is 0 Å². The van der Waals surface area contributed by atoms with Crippen LogP contribution in [-0.2, 0) is 11.2 Å². The van der Waals surface area contributed by atoms with Gasteiger partial charge in [-0.1, -0.05) is 17.7 Å². The highest BCUT2D eigenvalue weighted by Gasteiger charge is 2.16. The van der Waals surface area contributed by atoms with Crippen LogP contribution in [0.5, 0.6) is 0 Å². The third-order valence-corrected chi connectivity index (χ3v) is 4.12. The lowest BCUT2D eigenvalue weighted by molar-refractivity contribution is 0.00858. The van der Waals surface area contributed by atoms with E-state index in [-0.39, 0.29) is 16.9 Å². The number of nitrogens with one attached hydrogen (secondary N) is 1. The summed E-state index contributed by atoms with van der Waals surface area (Å²) in [5.41, 5.74) is 3.72. The fourth-order valence-corrected chi connectivity index (χ4v) is 2.74. The third kappa shape index (κ3) is 4.70. The summed E-state index contributed by atoms with van der Waals surface area (Å²) in [6, 6.07) is 5.03. The molecule has 1 aliphatic heterocycles. The van der Waals surface area contributed by atoms with Crippen LogP contribution in [0.25, 0.3) is 0 Å². The van der Waals surface area contributed by atoms with Crippen molar-refractivity contribution in [2.24, 2.45) is 5.84 Å². The largest absolute Gasteiger partial charge is 0.378 e. The van der Waals surface area contributed by atoms with Crippen LogP contribution in [0.2, 0.25) is 5.02 Å². The zero-order valence-electron chi connectivity index (χ0n) is 11.6. The Labute approximate surface area is 124 Å². The first-order valence-electron chi connectivity index (χ1n) is 7.20. The Morgan fingerprint density at radius 1 is 1.45 bits per heavy atom. The second-order valence-corrected chi connectivity index (χ2v) is 5.79. The van der Waals surface area contributed by atoms with Crippen LogP contribution in [0.4, 0.5) is 4.39 Å². The monoisotopic (exact) mass is 300 g/mol. The Bertz CT molecular complexity index is 424. The lowest BCUT2D eigenvalue weighted by atomic mass is 9.98. The van der Waals surface area contributed by atoms with E-state index in [9.17, 15) is 4.39 Å². The summed E-state index contributed by atoms with van der Waals surface area (Å²) in [5.74, 6) is 5.21. The molecule has 1 fully saturated rings. The number of hydrogen-bond acceptors (Lipinski definition) is 3. The van der Waals surface area contributed by atoms with E-state index in [4.69, 9.17) is 22.2 Å². The van der Waals surface area contributed by atoms with Crippen molar-refractivity contribution >= 4 is 11.6 Å². The number of hydrogen-bond donors (Lipinski definition) is 2. The minimum atomic E-state index is -0.379. The van der Waals surface area contributed by atoms with E-state index >= 15 is 0 Å². The molecule has 2 atom stereocenters. The smallest absolute Gasteiger partial charge is 0.142 e. The highest BCUT2D eigenvalue weighted by molar-refractivity contribution is 6.30. The van der Waals surface area contributed by atoms with E-state index in [2.05, 4.69) is 5.43 Å². The summed E-state index contributed by atoms with van der Waals surface area (Å²) >= 11 is 5.68. The first kappa shape index (κ1) is 15.7. The molecule has 0 radical (unpaired) electrons. The molecule has 5 heteroatoms. The number of benzene rings is 1. The van der Waals surface area contributed by atoms with E-state index in [1.165, 1.54) is 18.9 Å². The summed E-state index contributed by atoms with van der Waals surface area (Å²) in [6.45, 7) is 0.869. The summed E-state index contributed by atoms with van der Waals surface area (Å²) in [4.78, 5) is 0. The predicted molar refractivity (Wildman–Crippen MR) is 79.1 cm³/mol. The fourth-order valence-electron chi connectivity index (χ4n) is 2.62. The van der Waals surface area contributed by atoms with Gasteiger partial charge in [0.25, 0.3) is 0 Å². The number of rotatable bonds is 6. The van der Waals surface area contributed by atoms with E-state index < -0.39 is 0 Å². The van der Waals surface area contributed by atoms with Crippen LogP contribution in [0, 0.1) is 5.82 Å². The van der Waals surface area contributed by atoms with Crippen LogP contribution >= 0.6 is 11.6 Å². The van der Waals surface area contributed by atoms with Gasteiger partial charge in [0.05, 0.1) is 11.1 Å². The molecule has 20 heavy (non-hydrogen) atoms. The highest BCUT2D eigenvalue weighted by atomic mass is 35.5. The molecule has 2 unspecified atom stereocenters. The predicted octanol–water partition coefficient (Wildman–Crippen LogP) is 3.20. The van der Waals surface area contributed by atoms with Gasteiger partial charge in [-0.05, 0) is 56.2 Å². The molecule has 112 valence electrons. The summed E-state index contributed by atoms with van der Waals surface area (Å²) < 4.78 is 19.1. The van der Waals surface area contributed by atoms with Crippen molar-refractivity contribution in [1.29, 1.82) is 0 Å². The molecule has 3 nitrogen and oxygen atoms in total. The van der Waals surface area contributed by atoms with Crippen LogP contribution in [0.1, 0.15) is 37.7 Å². The van der Waals surface area contributed by atoms with Crippen molar-refractivity contribution in [2.45, 2.75) is 50.7 Å². The SMILES string of the molecule is NNC(CCC1CCCCO1)Cc1ccc(Cl)c(F)c1. The van der Waals surface area contributed by atoms with Crippen LogP contribution in [0.15, 0.2) is 18.2 Å². The average molecular weight is 301 g/mol. The summed E-state index contributed by atoms with van der Waals surface area (Å²) in [7, 11) is 0. The molecule has 3 N–H and O–H groups in total. The van der Waals surface area contributed by atoms with Crippen molar-refractivity contribution in [3.05, 3.63) is 34.6 Å². The Balaban J connectivity index is 1.83. The first-order chi connectivity index (χ1) is 9.69. The molecular formula is C15H22ClFN2O. The molecule has 0 spiro atoms. The molecule has 0 aromatic heterocycles. The van der Waals surface area contributed by atoms with Gasteiger partial charge in [0, 0.05) is 12.6 Å². The van der Waals surface area contributed by atoms with Gasteiger partial charge < -0.3 is 4.74 Å². The molecule has 0 bridgehead atoms. The minimum absolute atomic E-state index is 0.126. The second kappa shape index (κ2) is 7.93. The van der Waals surface area contributed by atoms with Gasteiger partial charge in [-0.3, -0.25) is 11.3 Å². The Kier molecular flexibility index (Phi) is 6.23. The van der Waals surface area contributed by atoms with E-state index in [0.717, 1.165) is 31.4 Å². The van der Waals surface area contributed by atoms with Gasteiger partial charge in [0.1, 0.15) is 5.82 Å². The molecule has 1 aromatic carbocycles. The van der Waals surface area contributed by atoms with Gasteiger partial charge in [-0.2, -0.15) is 0 Å². The molecule has 1 aliphatic rings. The summed E-state index contributed by atoms with van der Waals surface area (Å²) in [5, 5.41) is 0.154. The van der Waals surface area contributed by atoms with Crippen LogP contribution in [0.3, 0.4) is 0 Å². The maximum atomic E-state index is 13.4. The van der Waals surface area contributed by atoms with Crippen molar-refractivity contribution in [2.75, 3.05) is 6.61 Å². The lowest BCUT2D eigenvalue weighted by Gasteiger charge is -2.24. The van der Waals surface area contributed by atoms with Crippen LogP contribution in [-0.4, -0.2) is 18.8 Å². The first-order valence-corrected chi connectivity index (χ1v) is 7.58. The fraction of sp³-hybridized carbons (Fsp3) is 0.600. The van der Waals surface area contributed by atoms with Crippen molar-refractivity contribution in [3.8, 4) is 0 Å². The van der Waals surface area contributed by atoms with Crippen molar-refractivity contribution < 1.29 is 9.13 Å². The Morgan fingerprint density at radius 2 is 2.30 bits per heavy atom. The Hall–Kier alpha value is -0.680. The topological polar surface area (TPSA) is 47.3 Å². The number of halogens is 2. The third-order valence-electron chi connectivity index (χ3n) is 3.81. The average Bonchev–Trinajstić information content (AvgIpc) is 2.48. The molecule has 1 aromatic rings. The van der Waals surface area contributed by atoms with Crippen molar-refractivity contribution in [3.63, 3.8) is 0 Å². The second-order valence-electron chi connectivity index (χ2n) is 5.38. The lowest BCUT2D eigenvalue weighted by Crippen LogP contribution is -2.37. The van der Waals surface area contributed by atoms with Crippen LogP contribution < -0.4 is 11.3 Å². The highest BCUT2D eigenvalue weighted by Crippen LogP contribution is 2.20. The van der Waals surface area contributed by atoms with Gasteiger partial charge in [-0.25, -0.2) is 4.39 Å². The molecule has 2 rings (SSSR count). The quantitative estimate of drug-likeness (QED) is 0.626. The van der Waals surface area contributed by atoms with Gasteiger partial charge in [0.2, 0.25) is 0 Å². The summed E-state index contributed by atoms with van der Waals surface area (Å²) in [6.07, 6.45) is 6.49. The molecule has 1 saturated heterocycles. The maximum Gasteiger partial charge on any atom is 0.142 e. The van der Waals surface area contributed by atoms with E-state index in [0.29, 0.717) is 12.5 Å². The number of nitrogens with two attached hydrogens (primary N) is 1. The zero-order valence-corrected chi connectivity index (χ0v) is 12.3. The minimum Gasteiger partial charge on any atom is -0.378 e. The zero-order chi connectivity index (χ0) is 14.4. The molecule has 0 aliphatic carbocycles. The normalized spacial score (nSPS) is 20.9. The number of hydrazine groups is 1. The number of ether oxygens (including phenoxy) is 1. The Morgan fingerprint density at radius 3 is 2.95 bits per heavy atom. The molecular weight excluding hydrogens is 279 g/mol. The van der Waals surface area contributed by atoms with Gasteiger partial charge in [0.15, 0.2) is 0 Å². The molecule has 0 amide bonds. The molecule has 1 heterocycles. The maximum absolute atomic E-state index is 13.4. The van der Waals surface area contributed by atoms with E-state index in [1.807, 2.05) is 6.07 Å². The molecule has 0 saturated carbocycles. The van der Waals surface area contributed by atoms with Gasteiger partial charge in [-0.15, -0.1) is 0 Å². The van der Waals surface area contributed by atoms with E-state index in [1.54, 1.807) is 6.07 Å². The standard InChI is InChI=1S/C15H22ClFN2O/c16-14-7-4-11(10-15(14)17)9-12(19-18)5-6-13-3-1-2-8-20-13/h4,7,10,12-13,19H,1-3,5-6,8-9,18H2.